The van der Waals surface area contributed by atoms with E-state index in [-0.39, 0.29) is 18.2 Å². The molecule has 1 aliphatic rings. The predicted octanol–water partition coefficient (Wildman–Crippen LogP) is 4.62. The smallest absolute Gasteiger partial charge is 0.343 e. The summed E-state index contributed by atoms with van der Waals surface area (Å²) in [6, 6.07) is 27.5. The number of amides is 2. The average Bonchev–Trinajstić information content (AvgIpc) is 3.50. The molecular weight excluding hydrogens is 548 g/mol. The lowest BCUT2D eigenvalue weighted by Crippen LogP contribution is -2.32. The fourth-order valence-electron chi connectivity index (χ4n) is 4.05. The van der Waals surface area contributed by atoms with Crippen molar-refractivity contribution in [2.24, 2.45) is 5.10 Å². The first kappa shape index (κ1) is 28.6. The number of fused-ring (bicyclic) bond motifs is 1. The van der Waals surface area contributed by atoms with Crippen molar-refractivity contribution in [3.63, 3.8) is 0 Å². The summed E-state index contributed by atoms with van der Waals surface area (Å²) in [5.41, 5.74) is 5.44. The van der Waals surface area contributed by atoms with Crippen LogP contribution in [0, 0.1) is 0 Å². The van der Waals surface area contributed by atoms with Crippen LogP contribution in [-0.4, -0.2) is 44.9 Å². The zero-order valence-electron chi connectivity index (χ0n) is 23.4. The van der Waals surface area contributed by atoms with Crippen LogP contribution >= 0.6 is 0 Å². The van der Waals surface area contributed by atoms with E-state index < -0.39 is 17.8 Å². The number of benzene rings is 4. The van der Waals surface area contributed by atoms with Gasteiger partial charge >= 0.3 is 5.97 Å². The van der Waals surface area contributed by atoms with Crippen molar-refractivity contribution in [3.05, 3.63) is 125 Å². The van der Waals surface area contributed by atoms with Gasteiger partial charge in [0, 0.05) is 25.3 Å². The van der Waals surface area contributed by atoms with Gasteiger partial charge in [-0.3, -0.25) is 9.59 Å². The molecule has 4 aromatic rings. The van der Waals surface area contributed by atoms with Gasteiger partial charge in [0.2, 0.25) is 6.79 Å². The highest BCUT2D eigenvalue weighted by Crippen LogP contribution is 2.32. The number of anilines is 1. The van der Waals surface area contributed by atoms with Crippen LogP contribution in [0.2, 0.25) is 0 Å². The van der Waals surface area contributed by atoms with Gasteiger partial charge in [-0.1, -0.05) is 42.5 Å². The van der Waals surface area contributed by atoms with Gasteiger partial charge in [0.25, 0.3) is 11.8 Å². The van der Waals surface area contributed by atoms with Crippen LogP contribution < -0.4 is 29.9 Å². The van der Waals surface area contributed by atoms with Crippen LogP contribution in [0.1, 0.15) is 31.8 Å². The molecule has 2 N–H and O–H groups in total. The maximum absolute atomic E-state index is 13.1. The van der Waals surface area contributed by atoms with E-state index in [0.717, 1.165) is 5.69 Å². The van der Waals surface area contributed by atoms with E-state index in [0.29, 0.717) is 33.8 Å². The first-order valence-corrected chi connectivity index (χ1v) is 13.3. The number of carbonyl (C=O) groups is 3. The molecule has 0 fully saturated rings. The number of esters is 1. The minimum absolute atomic E-state index is 0.00927. The third-order valence-electron chi connectivity index (χ3n) is 6.31. The number of nitrogens with zero attached hydrogens (tertiary/aromatic N) is 2. The first-order valence-electron chi connectivity index (χ1n) is 13.3. The van der Waals surface area contributed by atoms with Crippen molar-refractivity contribution < 1.29 is 28.6 Å². The van der Waals surface area contributed by atoms with Crippen LogP contribution in [0.25, 0.3) is 6.08 Å². The van der Waals surface area contributed by atoms with Crippen LogP contribution in [0.15, 0.2) is 108 Å². The summed E-state index contributed by atoms with van der Waals surface area (Å²) in [5, 5.41) is 6.73. The SMILES string of the molecule is CN(C)c1ccc(C=C(NC(=O)c2ccccc2)C(=O)NN=Cc2cccc(OC(=O)c3ccc4c(c3)OCO4)c2)cc1. The third kappa shape index (κ3) is 7.44. The first-order chi connectivity index (χ1) is 20.9. The zero-order chi connectivity index (χ0) is 30.2. The molecule has 1 heterocycles. The molecule has 10 nitrogen and oxygen atoms in total. The number of hydrazone groups is 1. The maximum atomic E-state index is 13.1. The fraction of sp³-hybridized carbons (Fsp3) is 0.0909. The lowest BCUT2D eigenvalue weighted by molar-refractivity contribution is -0.117. The van der Waals surface area contributed by atoms with E-state index in [1.807, 2.05) is 43.3 Å². The Hall–Kier alpha value is -5.90. The highest BCUT2D eigenvalue weighted by molar-refractivity contribution is 6.05. The molecule has 0 bridgehead atoms. The van der Waals surface area contributed by atoms with Gasteiger partial charge in [-0.05, 0) is 71.8 Å². The van der Waals surface area contributed by atoms with Crippen molar-refractivity contribution in [2.75, 3.05) is 25.8 Å². The van der Waals surface area contributed by atoms with Gasteiger partial charge in [-0.2, -0.15) is 5.10 Å². The highest BCUT2D eigenvalue weighted by atomic mass is 16.7. The number of hydrogen-bond donors (Lipinski definition) is 2. The second-order valence-corrected chi connectivity index (χ2v) is 9.59. The Bertz CT molecular complexity index is 1700. The number of nitrogens with one attached hydrogen (secondary N) is 2. The Kier molecular flexibility index (Phi) is 8.77. The van der Waals surface area contributed by atoms with Crippen molar-refractivity contribution in [3.8, 4) is 17.2 Å². The monoisotopic (exact) mass is 576 g/mol. The summed E-state index contributed by atoms with van der Waals surface area (Å²) in [6.07, 6.45) is 2.97. The van der Waals surface area contributed by atoms with Crippen molar-refractivity contribution in [2.45, 2.75) is 0 Å². The molecule has 2 amide bonds. The second kappa shape index (κ2) is 13.2. The van der Waals surface area contributed by atoms with Gasteiger partial charge in [0.1, 0.15) is 11.4 Å². The van der Waals surface area contributed by atoms with Gasteiger partial charge in [0.05, 0.1) is 11.8 Å². The minimum Gasteiger partial charge on any atom is -0.454 e. The molecule has 0 unspecified atom stereocenters. The summed E-state index contributed by atoms with van der Waals surface area (Å²) in [4.78, 5) is 40.6. The lowest BCUT2D eigenvalue weighted by Gasteiger charge is -2.12. The Morgan fingerprint density at radius 3 is 2.35 bits per heavy atom. The molecule has 5 rings (SSSR count). The minimum atomic E-state index is -0.623. The molecule has 216 valence electrons. The Balaban J connectivity index is 1.27. The summed E-state index contributed by atoms with van der Waals surface area (Å²) in [7, 11) is 3.86. The van der Waals surface area contributed by atoms with Crippen LogP contribution in [0.5, 0.6) is 17.2 Å². The van der Waals surface area contributed by atoms with E-state index in [4.69, 9.17) is 14.2 Å². The molecule has 0 atom stereocenters. The summed E-state index contributed by atoms with van der Waals surface area (Å²) in [6.45, 7) is 0.103. The lowest BCUT2D eigenvalue weighted by atomic mass is 10.1. The number of rotatable bonds is 9. The summed E-state index contributed by atoms with van der Waals surface area (Å²) < 4.78 is 16.1. The zero-order valence-corrected chi connectivity index (χ0v) is 23.4. The maximum Gasteiger partial charge on any atom is 0.343 e. The second-order valence-electron chi connectivity index (χ2n) is 9.59. The molecule has 10 heteroatoms. The molecular formula is C33H28N4O6. The van der Waals surface area contributed by atoms with E-state index >= 15 is 0 Å². The fourth-order valence-corrected chi connectivity index (χ4v) is 4.05. The van der Waals surface area contributed by atoms with Crippen molar-refractivity contribution in [1.29, 1.82) is 0 Å². The topological polar surface area (TPSA) is 119 Å². The third-order valence-corrected chi connectivity index (χ3v) is 6.31. The van der Waals surface area contributed by atoms with Gasteiger partial charge in [-0.15, -0.1) is 0 Å². The molecule has 0 spiro atoms. The predicted molar refractivity (Wildman–Crippen MR) is 162 cm³/mol. The van der Waals surface area contributed by atoms with Crippen LogP contribution in [0.3, 0.4) is 0 Å². The largest absolute Gasteiger partial charge is 0.454 e. The Morgan fingerprint density at radius 1 is 0.814 bits per heavy atom. The molecule has 0 saturated heterocycles. The molecule has 0 saturated carbocycles. The van der Waals surface area contributed by atoms with E-state index in [1.165, 1.54) is 6.21 Å². The van der Waals surface area contributed by atoms with E-state index in [1.54, 1.807) is 78.9 Å². The summed E-state index contributed by atoms with van der Waals surface area (Å²) in [5.74, 6) is -0.296. The van der Waals surface area contributed by atoms with Crippen molar-refractivity contribution in [1.82, 2.24) is 10.7 Å². The van der Waals surface area contributed by atoms with E-state index in [2.05, 4.69) is 15.8 Å². The standard InChI is InChI=1S/C33H28N4O6/c1-37(2)26-14-11-22(12-15-26)18-28(35-31(38)24-8-4-3-5-9-24)32(39)36-34-20-23-7-6-10-27(17-23)43-33(40)25-13-16-29-30(19-25)42-21-41-29/h3-20H,21H2,1-2H3,(H,35,38)(H,36,39). The van der Waals surface area contributed by atoms with Crippen LogP contribution in [-0.2, 0) is 4.79 Å². The average molecular weight is 577 g/mol. The van der Waals surface area contributed by atoms with Crippen molar-refractivity contribution >= 4 is 35.8 Å². The molecule has 4 aromatic carbocycles. The molecule has 43 heavy (non-hydrogen) atoms. The Morgan fingerprint density at radius 2 is 1.58 bits per heavy atom. The van der Waals surface area contributed by atoms with Gasteiger partial charge in [0.15, 0.2) is 11.5 Å². The molecule has 1 aliphatic heterocycles. The van der Waals surface area contributed by atoms with Crippen LogP contribution in [0.4, 0.5) is 5.69 Å². The number of ether oxygens (including phenoxy) is 3. The highest BCUT2D eigenvalue weighted by Gasteiger charge is 2.18. The normalized spacial score (nSPS) is 12.1. The summed E-state index contributed by atoms with van der Waals surface area (Å²) >= 11 is 0. The molecule has 0 aromatic heterocycles. The number of carbonyl (C=O) groups excluding carboxylic acids is 3. The Labute approximate surface area is 248 Å². The molecule has 0 radical (unpaired) electrons. The van der Waals surface area contributed by atoms with Gasteiger partial charge in [-0.25, -0.2) is 10.2 Å². The number of hydrogen-bond acceptors (Lipinski definition) is 8. The van der Waals surface area contributed by atoms with Gasteiger partial charge < -0.3 is 24.4 Å². The van der Waals surface area contributed by atoms with E-state index in [9.17, 15) is 14.4 Å². The quantitative estimate of drug-likeness (QED) is 0.0981. The molecule has 0 aliphatic carbocycles.